The Balaban J connectivity index is 1.50. The first kappa shape index (κ1) is 23.0. The van der Waals surface area contributed by atoms with Crippen molar-refractivity contribution in [2.45, 2.75) is 50.4 Å². The number of nitrogens with one attached hydrogen (secondary N) is 1. The van der Waals surface area contributed by atoms with Crippen LogP contribution in [0.4, 0.5) is 13.2 Å². The van der Waals surface area contributed by atoms with Gasteiger partial charge < -0.3 is 10.1 Å². The van der Waals surface area contributed by atoms with Crippen molar-refractivity contribution in [2.24, 2.45) is 0 Å². The van der Waals surface area contributed by atoms with Crippen molar-refractivity contribution < 1.29 is 22.7 Å². The highest BCUT2D eigenvalue weighted by atomic mass is 19.4. The monoisotopic (exact) mass is 427 g/mol. The number of carbonyl (C=O) groups excluding carboxylic acids is 1. The van der Waals surface area contributed by atoms with E-state index in [0.717, 1.165) is 56.8 Å². The normalized spacial score (nSPS) is 20.3. The van der Waals surface area contributed by atoms with E-state index in [1.54, 1.807) is 7.05 Å². The van der Waals surface area contributed by atoms with E-state index in [4.69, 9.17) is 4.74 Å². The maximum Gasteiger partial charge on any atom is 0.416 e. The van der Waals surface area contributed by atoms with Crippen LogP contribution in [0.1, 0.15) is 43.2 Å². The summed E-state index contributed by atoms with van der Waals surface area (Å²) >= 11 is 0. The summed E-state index contributed by atoms with van der Waals surface area (Å²) in [6.45, 7) is 4.56. The molecule has 2 fully saturated rings. The van der Waals surface area contributed by atoms with E-state index in [1.165, 1.54) is 31.4 Å². The summed E-state index contributed by atoms with van der Waals surface area (Å²) in [4.78, 5) is 16.9. The van der Waals surface area contributed by atoms with Crippen LogP contribution in [-0.2, 0) is 22.3 Å². The topological polar surface area (TPSA) is 44.8 Å². The van der Waals surface area contributed by atoms with Crippen molar-refractivity contribution in [2.75, 3.05) is 46.4 Å². The van der Waals surface area contributed by atoms with Crippen molar-refractivity contribution in [1.82, 2.24) is 15.1 Å². The van der Waals surface area contributed by atoms with Gasteiger partial charge in [0.25, 0.3) is 0 Å². The molecule has 2 aliphatic rings. The predicted molar refractivity (Wildman–Crippen MR) is 109 cm³/mol. The van der Waals surface area contributed by atoms with Crippen LogP contribution in [0.15, 0.2) is 24.3 Å². The van der Waals surface area contributed by atoms with Gasteiger partial charge in [0.1, 0.15) is 0 Å². The second-order valence-corrected chi connectivity index (χ2v) is 8.53. The molecule has 0 atom stereocenters. The van der Waals surface area contributed by atoms with E-state index in [1.807, 2.05) is 4.90 Å². The van der Waals surface area contributed by atoms with E-state index in [-0.39, 0.29) is 18.0 Å². The summed E-state index contributed by atoms with van der Waals surface area (Å²) < 4.78 is 43.6. The van der Waals surface area contributed by atoms with Crippen LogP contribution in [0.3, 0.4) is 0 Å². The summed E-state index contributed by atoms with van der Waals surface area (Å²) in [7, 11) is 1.80. The molecule has 1 aromatic rings. The van der Waals surface area contributed by atoms with E-state index in [9.17, 15) is 18.0 Å². The number of benzene rings is 1. The van der Waals surface area contributed by atoms with Gasteiger partial charge in [0.15, 0.2) is 0 Å². The molecule has 0 spiro atoms. The molecular weight excluding hydrogens is 395 g/mol. The first-order valence-corrected chi connectivity index (χ1v) is 10.7. The SMILES string of the molecule is CN(CC(=O)NCC1(N2CCOCC2)CCCCC1)Cc1ccc(C(F)(F)F)cc1. The molecular formula is C22H32F3N3O2. The molecule has 0 bridgehead atoms. The molecule has 0 aromatic heterocycles. The Labute approximate surface area is 176 Å². The number of hydrogen-bond donors (Lipinski definition) is 1. The van der Waals surface area contributed by atoms with Gasteiger partial charge >= 0.3 is 6.18 Å². The van der Waals surface area contributed by atoms with Crippen molar-refractivity contribution >= 4 is 5.91 Å². The Morgan fingerprint density at radius 2 is 1.77 bits per heavy atom. The Hall–Kier alpha value is -1.64. The molecule has 1 saturated heterocycles. The standard InChI is InChI=1S/C22H32F3N3O2/c1-27(15-18-5-7-19(8-6-18)22(23,24)25)16-20(29)26-17-21(9-3-2-4-10-21)28-11-13-30-14-12-28/h5-8H,2-4,9-17H2,1H3,(H,26,29). The maximum atomic E-state index is 12.7. The van der Waals surface area contributed by atoms with Crippen molar-refractivity contribution in [3.8, 4) is 0 Å². The first-order chi connectivity index (χ1) is 14.3. The van der Waals surface area contributed by atoms with Gasteiger partial charge in [0.05, 0.1) is 25.3 Å². The third-order valence-corrected chi connectivity index (χ3v) is 6.23. The van der Waals surface area contributed by atoms with Crippen molar-refractivity contribution in [1.29, 1.82) is 0 Å². The van der Waals surface area contributed by atoms with Crippen LogP contribution < -0.4 is 5.32 Å². The molecule has 168 valence electrons. The molecule has 0 radical (unpaired) electrons. The van der Waals surface area contributed by atoms with Crippen LogP contribution in [0.25, 0.3) is 0 Å². The number of ether oxygens (including phenoxy) is 1. The Kier molecular flexibility index (Phi) is 7.76. The third-order valence-electron chi connectivity index (χ3n) is 6.23. The summed E-state index contributed by atoms with van der Waals surface area (Å²) in [5, 5.41) is 3.12. The largest absolute Gasteiger partial charge is 0.416 e. The van der Waals surface area contributed by atoms with Gasteiger partial charge in [-0.25, -0.2) is 0 Å². The number of carbonyl (C=O) groups is 1. The summed E-state index contributed by atoms with van der Waals surface area (Å²) in [6, 6.07) is 5.09. The lowest BCUT2D eigenvalue weighted by molar-refractivity contribution is -0.137. The van der Waals surface area contributed by atoms with Crippen LogP contribution >= 0.6 is 0 Å². The number of rotatable bonds is 7. The molecule has 1 aromatic carbocycles. The number of alkyl halides is 3. The quantitative estimate of drug-likeness (QED) is 0.726. The van der Waals surface area contributed by atoms with Crippen molar-refractivity contribution in [3.05, 3.63) is 35.4 Å². The van der Waals surface area contributed by atoms with Crippen LogP contribution in [0, 0.1) is 0 Å². The fourth-order valence-corrected chi connectivity index (χ4v) is 4.58. The van der Waals surface area contributed by atoms with Crippen LogP contribution in [0.5, 0.6) is 0 Å². The van der Waals surface area contributed by atoms with Gasteiger partial charge in [-0.3, -0.25) is 14.6 Å². The zero-order chi connectivity index (χ0) is 21.6. The van der Waals surface area contributed by atoms with Gasteiger partial charge in [-0.05, 0) is 37.6 Å². The number of hydrogen-bond acceptors (Lipinski definition) is 4. The molecule has 0 unspecified atom stereocenters. The maximum absolute atomic E-state index is 12.7. The molecule has 1 N–H and O–H groups in total. The van der Waals surface area contributed by atoms with E-state index in [0.29, 0.717) is 13.1 Å². The number of likely N-dealkylation sites (N-methyl/N-ethyl adjacent to an activating group) is 1. The lowest BCUT2D eigenvalue weighted by Crippen LogP contribution is -2.60. The average Bonchev–Trinajstić information content (AvgIpc) is 2.73. The first-order valence-electron chi connectivity index (χ1n) is 10.7. The molecule has 1 amide bonds. The van der Waals surface area contributed by atoms with Gasteiger partial charge in [-0.15, -0.1) is 0 Å². The minimum atomic E-state index is -4.33. The predicted octanol–water partition coefficient (Wildman–Crippen LogP) is 3.29. The Morgan fingerprint density at radius 1 is 1.13 bits per heavy atom. The molecule has 5 nitrogen and oxygen atoms in total. The lowest BCUT2D eigenvalue weighted by atomic mass is 9.79. The van der Waals surface area contributed by atoms with Crippen LogP contribution in [-0.4, -0.2) is 67.7 Å². The van der Waals surface area contributed by atoms with Gasteiger partial charge in [-0.1, -0.05) is 31.4 Å². The fraction of sp³-hybridized carbons (Fsp3) is 0.682. The zero-order valence-electron chi connectivity index (χ0n) is 17.6. The Morgan fingerprint density at radius 3 is 2.37 bits per heavy atom. The zero-order valence-corrected chi connectivity index (χ0v) is 17.6. The molecule has 1 aliphatic heterocycles. The molecule has 1 aliphatic carbocycles. The summed E-state index contributed by atoms with van der Waals surface area (Å²) in [5.41, 5.74) is 0.104. The van der Waals surface area contributed by atoms with Crippen molar-refractivity contribution in [3.63, 3.8) is 0 Å². The number of nitrogens with zero attached hydrogens (tertiary/aromatic N) is 2. The minimum absolute atomic E-state index is 0.0175. The minimum Gasteiger partial charge on any atom is -0.379 e. The highest BCUT2D eigenvalue weighted by molar-refractivity contribution is 5.78. The molecule has 1 saturated carbocycles. The number of amides is 1. The van der Waals surface area contributed by atoms with Gasteiger partial charge in [0.2, 0.25) is 5.91 Å². The van der Waals surface area contributed by atoms with E-state index >= 15 is 0 Å². The number of morpholine rings is 1. The molecule has 1 heterocycles. The number of halogens is 3. The highest BCUT2D eigenvalue weighted by Crippen LogP contribution is 2.34. The van der Waals surface area contributed by atoms with Crippen LogP contribution in [0.2, 0.25) is 0 Å². The summed E-state index contributed by atoms with van der Waals surface area (Å²) in [5.74, 6) is -0.0531. The molecule has 30 heavy (non-hydrogen) atoms. The third kappa shape index (κ3) is 6.18. The van der Waals surface area contributed by atoms with Gasteiger partial charge in [0, 0.05) is 31.7 Å². The summed E-state index contributed by atoms with van der Waals surface area (Å²) in [6.07, 6.45) is 1.46. The highest BCUT2D eigenvalue weighted by Gasteiger charge is 2.38. The van der Waals surface area contributed by atoms with E-state index < -0.39 is 11.7 Å². The average molecular weight is 428 g/mol. The fourth-order valence-electron chi connectivity index (χ4n) is 4.58. The van der Waals surface area contributed by atoms with E-state index in [2.05, 4.69) is 10.2 Å². The smallest absolute Gasteiger partial charge is 0.379 e. The molecule has 3 rings (SSSR count). The molecule has 8 heteroatoms. The Bertz CT molecular complexity index is 682. The van der Waals surface area contributed by atoms with Gasteiger partial charge in [-0.2, -0.15) is 13.2 Å². The second kappa shape index (κ2) is 10.1. The lowest BCUT2D eigenvalue weighted by Gasteiger charge is -2.48. The second-order valence-electron chi connectivity index (χ2n) is 8.53.